The Bertz CT molecular complexity index is 646. The Morgan fingerprint density at radius 1 is 0.783 bits per heavy atom. The van der Waals surface area contributed by atoms with E-state index in [1.807, 2.05) is 0 Å². The van der Waals surface area contributed by atoms with Crippen molar-refractivity contribution in [3.05, 3.63) is 79.9 Å². The summed E-state index contributed by atoms with van der Waals surface area (Å²) >= 11 is 0. The van der Waals surface area contributed by atoms with Crippen LogP contribution in [0.3, 0.4) is 0 Å². The molecule has 9 heteroatoms. The van der Waals surface area contributed by atoms with Crippen LogP contribution in [0, 0.1) is 20.2 Å². The lowest BCUT2D eigenvalue weighted by molar-refractivity contribution is -0.763. The second kappa shape index (κ2) is 7.59. The molecule has 2 rings (SSSR count). The van der Waals surface area contributed by atoms with Crippen LogP contribution in [-0.2, 0) is 22.9 Å². The van der Waals surface area contributed by atoms with Crippen molar-refractivity contribution in [1.29, 1.82) is 0 Å². The predicted octanol–water partition coefficient (Wildman–Crippen LogP) is 2.90. The maximum atomic E-state index is 10.2. The van der Waals surface area contributed by atoms with Gasteiger partial charge in [0.05, 0.1) is 0 Å². The summed E-state index contributed by atoms with van der Waals surface area (Å²) in [7, 11) is 0. The largest absolute Gasteiger partial charge is 0.457 e. The summed E-state index contributed by atoms with van der Waals surface area (Å²) in [6.07, 6.45) is 0. The minimum Gasteiger partial charge on any atom is -0.457 e. The summed E-state index contributed by atoms with van der Waals surface area (Å²) in [4.78, 5) is 29.0. The second-order valence-electron chi connectivity index (χ2n) is 4.39. The summed E-state index contributed by atoms with van der Waals surface area (Å²) in [6.45, 7) is -0.359. The molecule has 9 nitrogen and oxygen atoms in total. The van der Waals surface area contributed by atoms with Crippen LogP contribution in [0.2, 0.25) is 0 Å². The Hall–Kier alpha value is -3.36. The van der Waals surface area contributed by atoms with Crippen molar-refractivity contribution in [3.63, 3.8) is 0 Å². The van der Waals surface area contributed by atoms with Crippen molar-refractivity contribution in [3.8, 4) is 11.5 Å². The van der Waals surface area contributed by atoms with E-state index in [0.717, 1.165) is 0 Å². The van der Waals surface area contributed by atoms with Crippen LogP contribution < -0.4 is 4.74 Å². The lowest BCUT2D eigenvalue weighted by atomic mass is 10.2. The molecule has 0 aliphatic rings. The molecule has 23 heavy (non-hydrogen) atoms. The van der Waals surface area contributed by atoms with Gasteiger partial charge in [-0.3, -0.25) is 0 Å². The molecule has 0 N–H and O–H groups in total. The van der Waals surface area contributed by atoms with Crippen LogP contribution in [0.15, 0.2) is 48.5 Å². The van der Waals surface area contributed by atoms with Gasteiger partial charge in [-0.15, -0.1) is 20.2 Å². The normalized spacial score (nSPS) is 9.91. The summed E-state index contributed by atoms with van der Waals surface area (Å²) < 4.78 is 5.62. The molecule has 0 aromatic heterocycles. The molecule has 0 spiro atoms. The third-order valence-electron chi connectivity index (χ3n) is 2.71. The number of benzene rings is 2. The molecule has 2 aromatic rings. The van der Waals surface area contributed by atoms with Crippen molar-refractivity contribution < 1.29 is 24.6 Å². The lowest BCUT2D eigenvalue weighted by Gasteiger charge is -2.09. The zero-order valence-electron chi connectivity index (χ0n) is 11.8. The highest BCUT2D eigenvalue weighted by Crippen LogP contribution is 2.23. The van der Waals surface area contributed by atoms with Gasteiger partial charge in [-0.05, 0) is 35.4 Å². The third kappa shape index (κ3) is 5.50. The molecule has 0 amide bonds. The zero-order chi connectivity index (χ0) is 16.7. The maximum absolute atomic E-state index is 10.2. The fourth-order valence-corrected chi connectivity index (χ4v) is 1.79. The van der Waals surface area contributed by atoms with E-state index >= 15 is 0 Å². The summed E-state index contributed by atoms with van der Waals surface area (Å²) in [5.74, 6) is 0.920. The van der Waals surface area contributed by atoms with E-state index in [9.17, 15) is 20.2 Å². The highest BCUT2D eigenvalue weighted by atomic mass is 17.0. The highest BCUT2D eigenvalue weighted by Gasteiger charge is 2.04. The van der Waals surface area contributed by atoms with E-state index in [2.05, 4.69) is 9.68 Å². The van der Waals surface area contributed by atoms with E-state index in [1.165, 1.54) is 0 Å². The Morgan fingerprint density at radius 3 is 1.61 bits per heavy atom. The van der Waals surface area contributed by atoms with Crippen molar-refractivity contribution in [2.45, 2.75) is 13.2 Å². The van der Waals surface area contributed by atoms with E-state index in [1.54, 1.807) is 48.5 Å². The Kier molecular flexibility index (Phi) is 5.29. The number of rotatable bonds is 8. The van der Waals surface area contributed by atoms with Crippen LogP contribution in [0.5, 0.6) is 11.5 Å². The van der Waals surface area contributed by atoms with Crippen molar-refractivity contribution in [2.24, 2.45) is 0 Å². The summed E-state index contributed by atoms with van der Waals surface area (Å²) in [5.41, 5.74) is 1.15. The first kappa shape index (κ1) is 16.0. The SMILES string of the molecule is O=[N+]([O-])OCc1cccc(Oc2cccc(CO[N+](=O)[O-])c2)c1. The van der Waals surface area contributed by atoms with E-state index in [4.69, 9.17) is 4.74 Å². The van der Waals surface area contributed by atoms with Gasteiger partial charge in [-0.1, -0.05) is 24.3 Å². The first-order valence-electron chi connectivity index (χ1n) is 6.43. The van der Waals surface area contributed by atoms with Gasteiger partial charge in [0.1, 0.15) is 24.7 Å². The molecular formula is C14H12N2O7. The van der Waals surface area contributed by atoms with Gasteiger partial charge in [0.2, 0.25) is 0 Å². The number of nitrogens with zero attached hydrogens (tertiary/aromatic N) is 2. The van der Waals surface area contributed by atoms with Crippen LogP contribution in [0.25, 0.3) is 0 Å². The van der Waals surface area contributed by atoms with Gasteiger partial charge in [-0.2, -0.15) is 0 Å². The smallest absolute Gasteiger partial charge is 0.294 e. The Balaban J connectivity index is 2.03. The molecule has 0 unspecified atom stereocenters. The first-order valence-corrected chi connectivity index (χ1v) is 6.43. The topological polar surface area (TPSA) is 114 Å². The monoisotopic (exact) mass is 320 g/mol. The minimum atomic E-state index is -0.869. The molecule has 120 valence electrons. The average molecular weight is 320 g/mol. The molecule has 0 fully saturated rings. The van der Waals surface area contributed by atoms with E-state index < -0.39 is 10.2 Å². The second-order valence-corrected chi connectivity index (χ2v) is 4.39. The molecule has 0 aliphatic heterocycles. The molecule has 0 saturated heterocycles. The van der Waals surface area contributed by atoms with Gasteiger partial charge >= 0.3 is 0 Å². The van der Waals surface area contributed by atoms with Gasteiger partial charge in [-0.25, -0.2) is 0 Å². The van der Waals surface area contributed by atoms with Crippen molar-refractivity contribution in [1.82, 2.24) is 0 Å². The standard InChI is InChI=1S/C14H12N2O7/c17-15(18)21-9-11-3-1-5-13(7-11)23-14-6-2-4-12(8-14)10-22-16(19)20/h1-8H,9-10H2. The number of hydrogen-bond donors (Lipinski definition) is 0. The fourth-order valence-electron chi connectivity index (χ4n) is 1.79. The van der Waals surface area contributed by atoms with Crippen LogP contribution >= 0.6 is 0 Å². The predicted molar refractivity (Wildman–Crippen MR) is 76.5 cm³/mol. The van der Waals surface area contributed by atoms with Crippen LogP contribution in [-0.4, -0.2) is 10.2 Å². The molecule has 0 aliphatic carbocycles. The highest BCUT2D eigenvalue weighted by molar-refractivity contribution is 5.35. The summed E-state index contributed by atoms with van der Waals surface area (Å²) in [5, 5.41) is 18.6. The van der Waals surface area contributed by atoms with Gasteiger partial charge < -0.3 is 14.4 Å². The molecule has 0 bridgehead atoms. The summed E-state index contributed by atoms with van der Waals surface area (Å²) in [6, 6.07) is 13.2. The molecule has 2 aromatic carbocycles. The quantitative estimate of drug-likeness (QED) is 0.542. The average Bonchev–Trinajstić information content (AvgIpc) is 2.52. The number of ether oxygens (including phenoxy) is 1. The van der Waals surface area contributed by atoms with E-state index in [-0.39, 0.29) is 13.2 Å². The van der Waals surface area contributed by atoms with Crippen LogP contribution in [0.1, 0.15) is 11.1 Å². The molecule has 0 radical (unpaired) electrons. The fraction of sp³-hybridized carbons (Fsp3) is 0.143. The van der Waals surface area contributed by atoms with Crippen molar-refractivity contribution >= 4 is 0 Å². The maximum Gasteiger partial charge on any atom is 0.294 e. The Morgan fingerprint density at radius 2 is 1.22 bits per heavy atom. The minimum absolute atomic E-state index is 0.180. The van der Waals surface area contributed by atoms with E-state index in [0.29, 0.717) is 22.6 Å². The van der Waals surface area contributed by atoms with Gasteiger partial charge in [0, 0.05) is 0 Å². The molecule has 0 saturated carbocycles. The molecule has 0 atom stereocenters. The van der Waals surface area contributed by atoms with Gasteiger partial charge in [0.25, 0.3) is 10.2 Å². The van der Waals surface area contributed by atoms with Crippen LogP contribution in [0.4, 0.5) is 0 Å². The van der Waals surface area contributed by atoms with Gasteiger partial charge in [0.15, 0.2) is 0 Å². The lowest BCUT2D eigenvalue weighted by Crippen LogP contribution is -2.01. The number of hydrogen-bond acceptors (Lipinski definition) is 7. The molecular weight excluding hydrogens is 308 g/mol. The zero-order valence-corrected chi connectivity index (χ0v) is 11.8. The Labute approximate surface area is 130 Å². The first-order chi connectivity index (χ1) is 11.0. The molecule has 0 heterocycles. The van der Waals surface area contributed by atoms with Crippen molar-refractivity contribution in [2.75, 3.05) is 0 Å². The third-order valence-corrected chi connectivity index (χ3v) is 2.71.